The van der Waals surface area contributed by atoms with Crippen molar-refractivity contribution in [1.82, 2.24) is 0 Å². The Morgan fingerprint density at radius 1 is 1.52 bits per heavy atom. The van der Waals surface area contributed by atoms with Crippen LogP contribution in [0.2, 0.25) is 0 Å². The number of anilines is 1. The first kappa shape index (κ1) is 16.9. The Balaban J connectivity index is 3.30. The number of nitrogens with one attached hydrogen (secondary N) is 1. The van der Waals surface area contributed by atoms with Crippen molar-refractivity contribution < 1.29 is 28.0 Å². The maximum absolute atomic E-state index is 11.4. The second kappa shape index (κ2) is 6.50. The normalized spacial score (nSPS) is 12.5. The molecular formula is C11H14N2O7S. The van der Waals surface area contributed by atoms with E-state index in [9.17, 15) is 28.4 Å². The highest BCUT2D eigenvalue weighted by molar-refractivity contribution is 7.92. The number of sulfonamides is 1. The molecule has 1 aromatic carbocycles. The molecule has 0 saturated carbocycles. The zero-order valence-electron chi connectivity index (χ0n) is 11.3. The second-order valence-corrected chi connectivity index (χ2v) is 5.95. The van der Waals surface area contributed by atoms with Gasteiger partial charge in [-0.25, -0.2) is 13.2 Å². The van der Waals surface area contributed by atoms with Crippen LogP contribution in [-0.2, 0) is 14.8 Å². The van der Waals surface area contributed by atoms with Gasteiger partial charge in [-0.1, -0.05) is 0 Å². The summed E-state index contributed by atoms with van der Waals surface area (Å²) in [6.07, 6.45) is -0.681. The van der Waals surface area contributed by atoms with Crippen LogP contribution in [0, 0.1) is 10.1 Å². The molecule has 0 radical (unpaired) electrons. The van der Waals surface area contributed by atoms with Crippen molar-refractivity contribution in [3.8, 4) is 0 Å². The van der Waals surface area contributed by atoms with Gasteiger partial charge in [-0.15, -0.1) is 0 Å². The number of hydrogen-bond donors (Lipinski definition) is 2. The molecule has 1 aromatic rings. The third-order valence-corrected chi connectivity index (χ3v) is 3.04. The molecule has 21 heavy (non-hydrogen) atoms. The minimum absolute atomic E-state index is 0.0361. The third-order valence-electron chi connectivity index (χ3n) is 2.45. The van der Waals surface area contributed by atoms with Crippen LogP contribution in [0.3, 0.4) is 0 Å². The number of esters is 1. The molecular weight excluding hydrogens is 304 g/mol. The predicted octanol–water partition coefficient (Wildman–Crippen LogP) is 0.155. The molecule has 0 heterocycles. The SMILES string of the molecule is COC(=O)c1ccc(NS(C)(=O)=O)c(C(O)C[N+](=O)[O-])c1. The molecule has 1 unspecified atom stereocenters. The fourth-order valence-corrected chi connectivity index (χ4v) is 2.20. The minimum Gasteiger partial charge on any atom is -0.465 e. The van der Waals surface area contributed by atoms with Gasteiger partial charge in [0.05, 0.1) is 24.6 Å². The lowest BCUT2D eigenvalue weighted by Gasteiger charge is -2.14. The second-order valence-electron chi connectivity index (χ2n) is 4.20. The fraction of sp³-hybridized carbons (Fsp3) is 0.364. The van der Waals surface area contributed by atoms with Crippen molar-refractivity contribution in [1.29, 1.82) is 0 Å². The molecule has 0 saturated heterocycles. The molecule has 0 aliphatic heterocycles. The lowest BCUT2D eigenvalue weighted by Crippen LogP contribution is -2.17. The Labute approximate surface area is 120 Å². The number of carbonyl (C=O) groups excluding carboxylic acids is 1. The highest BCUT2D eigenvalue weighted by atomic mass is 32.2. The highest BCUT2D eigenvalue weighted by Gasteiger charge is 2.21. The van der Waals surface area contributed by atoms with Crippen LogP contribution in [0.4, 0.5) is 5.69 Å². The Hall–Kier alpha value is -2.20. The molecule has 0 fully saturated rings. The number of carbonyl (C=O) groups is 1. The van der Waals surface area contributed by atoms with Gasteiger partial charge >= 0.3 is 5.97 Å². The summed E-state index contributed by atoms with van der Waals surface area (Å²) in [6, 6.07) is 3.65. The molecule has 0 aromatic heterocycles. The highest BCUT2D eigenvalue weighted by Crippen LogP contribution is 2.26. The number of methoxy groups -OCH3 is 1. The van der Waals surface area contributed by atoms with Crippen molar-refractivity contribution in [2.24, 2.45) is 0 Å². The summed E-state index contributed by atoms with van der Waals surface area (Å²) >= 11 is 0. The molecule has 9 nitrogen and oxygen atoms in total. The van der Waals surface area contributed by atoms with E-state index in [0.29, 0.717) is 0 Å². The van der Waals surface area contributed by atoms with Gasteiger partial charge in [-0.3, -0.25) is 14.8 Å². The van der Waals surface area contributed by atoms with E-state index in [1.165, 1.54) is 12.1 Å². The average Bonchev–Trinajstić information content (AvgIpc) is 2.35. The van der Waals surface area contributed by atoms with Gasteiger partial charge in [0.25, 0.3) is 0 Å². The summed E-state index contributed by atoms with van der Waals surface area (Å²) in [5, 5.41) is 20.3. The molecule has 1 atom stereocenters. The van der Waals surface area contributed by atoms with Gasteiger partial charge in [0.2, 0.25) is 16.6 Å². The van der Waals surface area contributed by atoms with Crippen LogP contribution in [-0.4, -0.2) is 44.3 Å². The number of aliphatic hydroxyl groups is 1. The largest absolute Gasteiger partial charge is 0.465 e. The van der Waals surface area contributed by atoms with Crippen molar-refractivity contribution in [3.05, 3.63) is 39.4 Å². The Kier molecular flexibility index (Phi) is 5.22. The monoisotopic (exact) mass is 318 g/mol. The molecule has 0 spiro atoms. The van der Waals surface area contributed by atoms with Gasteiger partial charge in [0.1, 0.15) is 6.10 Å². The van der Waals surface area contributed by atoms with Gasteiger partial charge in [-0.2, -0.15) is 0 Å². The molecule has 0 aliphatic carbocycles. The topological polar surface area (TPSA) is 136 Å². The molecule has 0 amide bonds. The maximum Gasteiger partial charge on any atom is 0.337 e. The van der Waals surface area contributed by atoms with E-state index in [2.05, 4.69) is 9.46 Å². The summed E-state index contributed by atoms with van der Waals surface area (Å²) in [6.45, 7) is -0.830. The van der Waals surface area contributed by atoms with Crippen molar-refractivity contribution in [3.63, 3.8) is 0 Å². The molecule has 1 rings (SSSR count). The van der Waals surface area contributed by atoms with E-state index < -0.39 is 33.6 Å². The van der Waals surface area contributed by atoms with Crippen LogP contribution in [0.1, 0.15) is 22.0 Å². The molecule has 10 heteroatoms. The van der Waals surface area contributed by atoms with Crippen molar-refractivity contribution >= 4 is 21.7 Å². The van der Waals surface area contributed by atoms with Gasteiger partial charge < -0.3 is 9.84 Å². The van der Waals surface area contributed by atoms with Gasteiger partial charge in [0.15, 0.2) is 0 Å². The molecule has 0 bridgehead atoms. The van der Waals surface area contributed by atoms with Gasteiger partial charge in [-0.05, 0) is 18.2 Å². The lowest BCUT2D eigenvalue weighted by molar-refractivity contribution is -0.491. The number of nitrogens with zero attached hydrogens (tertiary/aromatic N) is 1. The number of benzene rings is 1. The smallest absolute Gasteiger partial charge is 0.337 e. The van der Waals surface area contributed by atoms with E-state index >= 15 is 0 Å². The minimum atomic E-state index is -3.65. The Bertz CT molecular complexity index is 657. The Morgan fingerprint density at radius 2 is 2.14 bits per heavy atom. The number of hydrogen-bond acceptors (Lipinski definition) is 7. The van der Waals surface area contributed by atoms with Crippen LogP contribution >= 0.6 is 0 Å². The van der Waals surface area contributed by atoms with E-state index in [1.54, 1.807) is 0 Å². The number of rotatable bonds is 6. The van der Waals surface area contributed by atoms with E-state index in [1.807, 2.05) is 0 Å². The van der Waals surface area contributed by atoms with Crippen LogP contribution < -0.4 is 4.72 Å². The quantitative estimate of drug-likeness (QED) is 0.433. The summed E-state index contributed by atoms with van der Waals surface area (Å²) in [5.41, 5.74) is -0.0894. The van der Waals surface area contributed by atoms with Crippen molar-refractivity contribution in [2.45, 2.75) is 6.10 Å². The first-order valence-electron chi connectivity index (χ1n) is 5.64. The number of nitro groups is 1. The maximum atomic E-state index is 11.4. The molecule has 116 valence electrons. The zero-order valence-corrected chi connectivity index (χ0v) is 12.1. The standard InChI is InChI=1S/C11H14N2O7S/c1-20-11(15)7-3-4-9(12-21(2,18)19)8(5-7)10(14)6-13(16)17/h3-5,10,12,14H,6H2,1-2H3. The molecule has 0 aliphatic rings. The zero-order chi connectivity index (χ0) is 16.2. The van der Waals surface area contributed by atoms with Crippen LogP contribution in [0.15, 0.2) is 18.2 Å². The summed E-state index contributed by atoms with van der Waals surface area (Å²) in [5.74, 6) is -0.713. The van der Waals surface area contributed by atoms with Crippen LogP contribution in [0.25, 0.3) is 0 Å². The van der Waals surface area contributed by atoms with Crippen molar-refractivity contribution in [2.75, 3.05) is 24.6 Å². The molecule has 2 N–H and O–H groups in total. The summed E-state index contributed by atoms with van der Waals surface area (Å²) < 4.78 is 29.1. The Morgan fingerprint density at radius 3 is 2.62 bits per heavy atom. The number of ether oxygens (including phenoxy) is 1. The van der Waals surface area contributed by atoms with E-state index in [0.717, 1.165) is 19.4 Å². The third kappa shape index (κ3) is 5.00. The summed E-state index contributed by atoms with van der Waals surface area (Å²) in [7, 11) is -2.50. The number of aliphatic hydroxyl groups excluding tert-OH is 1. The lowest BCUT2D eigenvalue weighted by atomic mass is 10.0. The van der Waals surface area contributed by atoms with Gasteiger partial charge in [0, 0.05) is 10.5 Å². The van der Waals surface area contributed by atoms with E-state index in [-0.39, 0.29) is 16.8 Å². The fourth-order valence-electron chi connectivity index (χ4n) is 1.62. The summed E-state index contributed by atoms with van der Waals surface area (Å²) in [4.78, 5) is 21.2. The first-order valence-corrected chi connectivity index (χ1v) is 7.53. The van der Waals surface area contributed by atoms with Crippen LogP contribution in [0.5, 0.6) is 0 Å². The predicted molar refractivity (Wildman–Crippen MR) is 73.1 cm³/mol. The first-order chi connectivity index (χ1) is 9.64. The van der Waals surface area contributed by atoms with E-state index in [4.69, 9.17) is 0 Å². The average molecular weight is 318 g/mol.